The Bertz CT molecular complexity index is 454. The van der Waals surface area contributed by atoms with Crippen LogP contribution in [-0.2, 0) is 0 Å². The van der Waals surface area contributed by atoms with E-state index in [1.165, 1.54) is 6.92 Å². The first-order chi connectivity index (χ1) is 6.99. The minimum Gasteiger partial charge on any atom is -0.276 e. The first kappa shape index (κ1) is 11.5. The molecular formula is C9H5ClF2N2O. The van der Waals surface area contributed by atoms with Gasteiger partial charge in [-0.1, -0.05) is 0 Å². The third-order valence-corrected chi connectivity index (χ3v) is 2.04. The predicted molar refractivity (Wildman–Crippen MR) is 48.8 cm³/mol. The molecule has 3 nitrogen and oxygen atoms in total. The molecule has 0 saturated heterocycles. The van der Waals surface area contributed by atoms with E-state index in [4.69, 9.17) is 16.9 Å². The summed E-state index contributed by atoms with van der Waals surface area (Å²) in [5.74, 6) is 0. The van der Waals surface area contributed by atoms with Gasteiger partial charge in [-0.15, -0.1) is 0 Å². The zero-order valence-electron chi connectivity index (χ0n) is 7.59. The Morgan fingerprint density at radius 1 is 1.67 bits per heavy atom. The van der Waals surface area contributed by atoms with Crippen molar-refractivity contribution >= 4 is 16.8 Å². The second-order valence-electron chi connectivity index (χ2n) is 2.73. The monoisotopic (exact) mass is 230 g/mol. The van der Waals surface area contributed by atoms with Crippen LogP contribution >= 0.6 is 11.6 Å². The van der Waals surface area contributed by atoms with Crippen molar-refractivity contribution in [3.8, 4) is 6.07 Å². The number of halogens is 3. The molecule has 0 spiro atoms. The van der Waals surface area contributed by atoms with Crippen molar-refractivity contribution < 1.29 is 13.6 Å². The second kappa shape index (κ2) is 4.32. The number of hydrogen-bond donors (Lipinski definition) is 0. The fraction of sp³-hybridized carbons (Fsp3) is 0.222. The Hall–Kier alpha value is -1.54. The molecule has 0 aliphatic heterocycles. The van der Waals surface area contributed by atoms with Crippen LogP contribution in [-0.4, -0.2) is 10.2 Å². The van der Waals surface area contributed by atoms with Crippen LogP contribution in [0, 0.1) is 18.3 Å². The SMILES string of the molecule is Cc1ncc(C#N)c(C(=O)Cl)c1C(F)F. The highest BCUT2D eigenvalue weighted by atomic mass is 35.5. The highest BCUT2D eigenvalue weighted by molar-refractivity contribution is 6.68. The molecule has 15 heavy (non-hydrogen) atoms. The normalized spacial score (nSPS) is 10.1. The van der Waals surface area contributed by atoms with Crippen LogP contribution in [0.5, 0.6) is 0 Å². The van der Waals surface area contributed by atoms with E-state index in [9.17, 15) is 13.6 Å². The van der Waals surface area contributed by atoms with Gasteiger partial charge in [0, 0.05) is 11.9 Å². The highest BCUT2D eigenvalue weighted by Crippen LogP contribution is 2.28. The summed E-state index contributed by atoms with van der Waals surface area (Å²) in [6.07, 6.45) is -1.83. The number of pyridine rings is 1. The topological polar surface area (TPSA) is 53.8 Å². The van der Waals surface area contributed by atoms with Crippen LogP contribution < -0.4 is 0 Å². The van der Waals surface area contributed by atoms with Crippen LogP contribution in [0.25, 0.3) is 0 Å². The molecule has 0 radical (unpaired) electrons. The Balaban J connectivity index is 3.60. The predicted octanol–water partition coefficient (Wildman–Crippen LogP) is 2.58. The molecule has 0 atom stereocenters. The van der Waals surface area contributed by atoms with Gasteiger partial charge in [-0.05, 0) is 18.5 Å². The van der Waals surface area contributed by atoms with Crippen LogP contribution in [0.15, 0.2) is 6.20 Å². The van der Waals surface area contributed by atoms with Gasteiger partial charge in [-0.3, -0.25) is 9.78 Å². The van der Waals surface area contributed by atoms with E-state index in [1.807, 2.05) is 0 Å². The number of aryl methyl sites for hydroxylation is 1. The van der Waals surface area contributed by atoms with Gasteiger partial charge in [0.1, 0.15) is 6.07 Å². The average Bonchev–Trinajstić information content (AvgIpc) is 2.16. The molecular weight excluding hydrogens is 226 g/mol. The molecule has 1 rings (SSSR count). The van der Waals surface area contributed by atoms with Gasteiger partial charge in [0.05, 0.1) is 16.7 Å². The zero-order chi connectivity index (χ0) is 11.6. The molecule has 6 heteroatoms. The van der Waals surface area contributed by atoms with Crippen molar-refractivity contribution in [1.29, 1.82) is 5.26 Å². The summed E-state index contributed by atoms with van der Waals surface area (Å²) in [4.78, 5) is 14.6. The lowest BCUT2D eigenvalue weighted by molar-refractivity contribution is 0.106. The second-order valence-corrected chi connectivity index (χ2v) is 3.08. The largest absolute Gasteiger partial charge is 0.276 e. The van der Waals surface area contributed by atoms with Crippen molar-refractivity contribution in [3.05, 3.63) is 28.6 Å². The van der Waals surface area contributed by atoms with E-state index in [1.54, 1.807) is 6.07 Å². The van der Waals surface area contributed by atoms with E-state index >= 15 is 0 Å². The highest BCUT2D eigenvalue weighted by Gasteiger charge is 2.23. The van der Waals surface area contributed by atoms with Crippen LogP contribution in [0.2, 0.25) is 0 Å². The number of carbonyl (C=O) groups excluding carboxylic acids is 1. The van der Waals surface area contributed by atoms with E-state index < -0.39 is 22.8 Å². The third kappa shape index (κ3) is 2.10. The summed E-state index contributed by atoms with van der Waals surface area (Å²) < 4.78 is 25.2. The molecule has 0 N–H and O–H groups in total. The lowest BCUT2D eigenvalue weighted by Crippen LogP contribution is -2.06. The van der Waals surface area contributed by atoms with Gasteiger partial charge in [0.25, 0.3) is 11.7 Å². The molecule has 0 amide bonds. The number of hydrogen-bond acceptors (Lipinski definition) is 3. The van der Waals surface area contributed by atoms with E-state index in [-0.39, 0.29) is 11.3 Å². The molecule has 78 valence electrons. The minimum atomic E-state index is -2.89. The number of rotatable bonds is 2. The molecule has 0 unspecified atom stereocenters. The summed E-state index contributed by atoms with van der Waals surface area (Å²) in [6.45, 7) is 1.33. The zero-order valence-corrected chi connectivity index (χ0v) is 8.35. The van der Waals surface area contributed by atoms with Crippen molar-refractivity contribution in [2.24, 2.45) is 0 Å². The molecule has 0 aliphatic carbocycles. The fourth-order valence-corrected chi connectivity index (χ4v) is 1.39. The Morgan fingerprint density at radius 3 is 2.67 bits per heavy atom. The van der Waals surface area contributed by atoms with Gasteiger partial charge in [0.15, 0.2) is 0 Å². The summed E-state index contributed by atoms with van der Waals surface area (Å²) in [7, 11) is 0. The van der Waals surface area contributed by atoms with Crippen LogP contribution in [0.1, 0.15) is 33.6 Å². The van der Waals surface area contributed by atoms with Gasteiger partial charge in [-0.25, -0.2) is 8.78 Å². The van der Waals surface area contributed by atoms with Crippen molar-refractivity contribution in [3.63, 3.8) is 0 Å². The van der Waals surface area contributed by atoms with Gasteiger partial charge in [-0.2, -0.15) is 5.26 Å². The van der Waals surface area contributed by atoms with Crippen molar-refractivity contribution in [1.82, 2.24) is 4.98 Å². The number of alkyl halides is 2. The maximum atomic E-state index is 12.6. The lowest BCUT2D eigenvalue weighted by atomic mass is 10.0. The lowest BCUT2D eigenvalue weighted by Gasteiger charge is -2.08. The third-order valence-electron chi connectivity index (χ3n) is 1.85. The summed E-state index contributed by atoms with van der Waals surface area (Å²) in [6, 6.07) is 1.60. The maximum Gasteiger partial charge on any atom is 0.266 e. The molecule has 0 saturated carbocycles. The molecule has 1 heterocycles. The van der Waals surface area contributed by atoms with E-state index in [2.05, 4.69) is 4.98 Å². The summed E-state index contributed by atoms with van der Waals surface area (Å²) >= 11 is 5.16. The van der Waals surface area contributed by atoms with E-state index in [0.717, 1.165) is 6.20 Å². The van der Waals surface area contributed by atoms with Crippen molar-refractivity contribution in [2.75, 3.05) is 0 Å². The van der Waals surface area contributed by atoms with Crippen LogP contribution in [0.3, 0.4) is 0 Å². The van der Waals surface area contributed by atoms with E-state index in [0.29, 0.717) is 0 Å². The van der Waals surface area contributed by atoms with Crippen LogP contribution in [0.4, 0.5) is 8.78 Å². The summed E-state index contributed by atoms with van der Waals surface area (Å²) in [5.41, 5.74) is -1.28. The Labute approximate surface area is 89.3 Å². The van der Waals surface area contributed by atoms with Gasteiger partial charge < -0.3 is 0 Å². The number of nitriles is 1. The van der Waals surface area contributed by atoms with Gasteiger partial charge >= 0.3 is 0 Å². The smallest absolute Gasteiger partial charge is 0.266 e. The molecule has 0 bridgehead atoms. The molecule has 1 aromatic rings. The van der Waals surface area contributed by atoms with Crippen molar-refractivity contribution in [2.45, 2.75) is 13.3 Å². The summed E-state index contributed by atoms with van der Waals surface area (Å²) in [5, 5.41) is 7.54. The maximum absolute atomic E-state index is 12.6. The standard InChI is InChI=1S/C9H5ClF2N2O/c1-4-6(9(11)12)7(8(10)15)5(2-13)3-14-4/h3,9H,1H3. The first-order valence-electron chi connectivity index (χ1n) is 3.86. The van der Waals surface area contributed by atoms with Gasteiger partial charge in [0.2, 0.25) is 0 Å². The minimum absolute atomic E-state index is 0.00648. The Morgan fingerprint density at radius 2 is 2.27 bits per heavy atom. The Kier molecular flexibility index (Phi) is 3.32. The molecule has 0 aliphatic rings. The number of carbonyl (C=O) groups is 1. The number of nitrogens with zero attached hydrogens (tertiary/aromatic N) is 2. The molecule has 0 fully saturated rings. The fourth-order valence-electron chi connectivity index (χ4n) is 1.18. The number of aromatic nitrogens is 1. The quantitative estimate of drug-likeness (QED) is 0.734. The average molecular weight is 231 g/mol. The first-order valence-corrected chi connectivity index (χ1v) is 4.24. The molecule has 1 aromatic heterocycles. The molecule has 0 aromatic carbocycles.